The molecular weight excluding hydrogens is 244 g/mol. The molecule has 0 radical (unpaired) electrons. The van der Waals surface area contributed by atoms with E-state index in [9.17, 15) is 0 Å². The first-order chi connectivity index (χ1) is 9.29. The second-order valence-electron chi connectivity index (χ2n) is 4.72. The summed E-state index contributed by atoms with van der Waals surface area (Å²) in [4.78, 5) is 0. The normalized spacial score (nSPS) is 12.5. The molecule has 0 aliphatic rings. The van der Waals surface area contributed by atoms with Crippen LogP contribution in [0.5, 0.6) is 0 Å². The van der Waals surface area contributed by atoms with Gasteiger partial charge >= 0.3 is 0 Å². The first-order valence-corrected chi connectivity index (χ1v) is 6.60. The molecule has 0 amide bonds. The van der Waals surface area contributed by atoms with E-state index in [1.54, 1.807) is 6.08 Å². The van der Waals surface area contributed by atoms with Crippen LogP contribution in [-0.4, -0.2) is 6.04 Å². The van der Waals surface area contributed by atoms with Gasteiger partial charge in [-0.25, -0.2) is 0 Å². The van der Waals surface area contributed by atoms with Gasteiger partial charge in [0.1, 0.15) is 0 Å². The van der Waals surface area contributed by atoms with Gasteiger partial charge in [0.2, 0.25) is 0 Å². The Morgan fingerprint density at radius 1 is 0.950 bits per heavy atom. The molecule has 0 aromatic heterocycles. The van der Waals surface area contributed by atoms with Crippen molar-refractivity contribution in [1.29, 1.82) is 0 Å². The van der Waals surface area contributed by atoms with Crippen LogP contribution in [0.2, 0.25) is 0 Å². The monoisotopic (exact) mass is 270 g/mol. The molecule has 0 rings (SSSR count). The van der Waals surface area contributed by atoms with Gasteiger partial charge in [-0.1, -0.05) is 64.1 Å². The highest BCUT2D eigenvalue weighted by Gasteiger charge is 1.99. The van der Waals surface area contributed by atoms with E-state index in [0.29, 0.717) is 16.8 Å². The van der Waals surface area contributed by atoms with Crippen LogP contribution in [0.15, 0.2) is 85.2 Å². The van der Waals surface area contributed by atoms with E-state index in [2.05, 4.69) is 39.8 Å². The average molecular weight is 270 g/mol. The van der Waals surface area contributed by atoms with Crippen LogP contribution in [0.4, 0.5) is 0 Å². The maximum absolute atomic E-state index is 5.84. The van der Waals surface area contributed by atoms with E-state index < -0.39 is 0 Å². The Bertz CT molecular complexity index is 476. The van der Waals surface area contributed by atoms with Crippen LogP contribution in [0, 0.1) is 0 Å². The Morgan fingerprint density at radius 3 is 1.95 bits per heavy atom. The van der Waals surface area contributed by atoms with Crippen molar-refractivity contribution in [2.24, 2.45) is 11.5 Å². The summed E-state index contributed by atoms with van der Waals surface area (Å²) in [6.07, 6.45) is 9.39. The molecule has 0 aliphatic heterocycles. The maximum Gasteiger partial charge on any atom is 0.0314 e. The zero-order chi connectivity index (χ0) is 15.7. The summed E-state index contributed by atoms with van der Waals surface area (Å²) in [5, 5.41) is 0. The Hall–Kier alpha value is -2.06. The van der Waals surface area contributed by atoms with Crippen molar-refractivity contribution in [2.75, 3.05) is 0 Å². The van der Waals surface area contributed by atoms with Crippen LogP contribution < -0.4 is 11.5 Å². The molecule has 0 bridgehead atoms. The van der Waals surface area contributed by atoms with Gasteiger partial charge in [0, 0.05) is 11.7 Å². The molecule has 0 fully saturated rings. The quantitative estimate of drug-likeness (QED) is 0.624. The molecule has 2 heteroatoms. The first-order valence-electron chi connectivity index (χ1n) is 6.60. The van der Waals surface area contributed by atoms with Crippen molar-refractivity contribution < 1.29 is 0 Å². The van der Waals surface area contributed by atoms with Crippen molar-refractivity contribution in [3.8, 4) is 0 Å². The average Bonchev–Trinajstić information content (AvgIpc) is 2.42. The highest BCUT2D eigenvalue weighted by atomic mass is 14.6. The van der Waals surface area contributed by atoms with E-state index in [0.717, 1.165) is 24.0 Å². The van der Waals surface area contributed by atoms with Crippen LogP contribution in [0.1, 0.15) is 19.8 Å². The van der Waals surface area contributed by atoms with Gasteiger partial charge in [-0.05, 0) is 35.1 Å². The number of rotatable bonds is 9. The Kier molecular flexibility index (Phi) is 8.02. The lowest BCUT2D eigenvalue weighted by Crippen LogP contribution is -2.16. The molecule has 0 saturated carbocycles. The lowest BCUT2D eigenvalue weighted by Gasteiger charge is -2.05. The zero-order valence-electron chi connectivity index (χ0n) is 12.5. The third kappa shape index (κ3) is 6.76. The minimum Gasteiger partial charge on any atom is -0.399 e. The zero-order valence-corrected chi connectivity index (χ0v) is 12.5. The smallest absolute Gasteiger partial charge is 0.0314 e. The maximum atomic E-state index is 5.84. The Morgan fingerprint density at radius 2 is 1.45 bits per heavy atom. The van der Waals surface area contributed by atoms with Gasteiger partial charge in [0.25, 0.3) is 0 Å². The molecule has 4 N–H and O–H groups in total. The molecule has 0 aromatic rings. The summed E-state index contributed by atoms with van der Waals surface area (Å²) in [6.45, 7) is 21.3. The summed E-state index contributed by atoms with van der Waals surface area (Å²) < 4.78 is 0. The number of hydrogen-bond donors (Lipinski definition) is 2. The summed E-state index contributed by atoms with van der Waals surface area (Å²) >= 11 is 0. The van der Waals surface area contributed by atoms with Gasteiger partial charge in [0.05, 0.1) is 0 Å². The standard InChI is InChI=1S/C18H26N2/c1-7-18(20)10-8-9-13(2)14(3)11-12-15(4)16(5)17(6)19/h8-9,11-12,18H,2-7,10,19-20H2,1H3. The van der Waals surface area contributed by atoms with Gasteiger partial charge < -0.3 is 11.5 Å². The molecule has 0 aliphatic carbocycles. The molecule has 1 atom stereocenters. The van der Waals surface area contributed by atoms with Crippen molar-refractivity contribution in [1.82, 2.24) is 0 Å². The lowest BCUT2D eigenvalue weighted by atomic mass is 10.0. The Balaban J connectivity index is 4.47. The topological polar surface area (TPSA) is 52.0 Å². The third-order valence-corrected chi connectivity index (χ3v) is 2.96. The van der Waals surface area contributed by atoms with Gasteiger partial charge in [-0.2, -0.15) is 0 Å². The van der Waals surface area contributed by atoms with Crippen molar-refractivity contribution in [2.45, 2.75) is 25.8 Å². The summed E-state index contributed by atoms with van der Waals surface area (Å²) in [6, 6.07) is 0.196. The number of nitrogens with two attached hydrogens (primary N) is 2. The van der Waals surface area contributed by atoms with Crippen molar-refractivity contribution in [3.63, 3.8) is 0 Å². The largest absolute Gasteiger partial charge is 0.399 e. The highest BCUT2D eigenvalue weighted by molar-refractivity contribution is 5.50. The molecule has 0 spiro atoms. The number of allylic oxidation sites excluding steroid dienone is 6. The Labute approximate surface area is 123 Å². The first kappa shape index (κ1) is 17.9. The fourth-order valence-electron chi connectivity index (χ4n) is 1.27. The van der Waals surface area contributed by atoms with Gasteiger partial charge in [-0.3, -0.25) is 0 Å². The van der Waals surface area contributed by atoms with E-state index in [-0.39, 0.29) is 6.04 Å². The molecular formula is C18H26N2. The molecule has 0 aromatic carbocycles. The minimum atomic E-state index is 0.196. The SMILES string of the molecule is C=C(N)C(=C)C(=C)C=CC(=C)C(=C)C=CCC(N)CC. The van der Waals surface area contributed by atoms with Crippen molar-refractivity contribution in [3.05, 3.63) is 85.2 Å². The van der Waals surface area contributed by atoms with E-state index in [1.807, 2.05) is 18.2 Å². The minimum absolute atomic E-state index is 0.196. The lowest BCUT2D eigenvalue weighted by molar-refractivity contribution is 0.659. The summed E-state index contributed by atoms with van der Waals surface area (Å²) in [5.74, 6) is 0. The molecule has 108 valence electrons. The second-order valence-corrected chi connectivity index (χ2v) is 4.72. The summed E-state index contributed by atoms with van der Waals surface area (Å²) in [5.41, 5.74) is 14.8. The van der Waals surface area contributed by atoms with Crippen molar-refractivity contribution >= 4 is 0 Å². The molecule has 2 nitrogen and oxygen atoms in total. The van der Waals surface area contributed by atoms with E-state index in [4.69, 9.17) is 11.5 Å². The fourth-order valence-corrected chi connectivity index (χ4v) is 1.27. The second kappa shape index (κ2) is 8.94. The number of hydrogen-bond acceptors (Lipinski definition) is 2. The summed E-state index contributed by atoms with van der Waals surface area (Å²) in [7, 11) is 0. The predicted octanol–water partition coefficient (Wildman–Crippen LogP) is 3.92. The van der Waals surface area contributed by atoms with E-state index >= 15 is 0 Å². The van der Waals surface area contributed by atoms with Crippen LogP contribution in [-0.2, 0) is 0 Å². The van der Waals surface area contributed by atoms with Gasteiger partial charge in [0.15, 0.2) is 0 Å². The van der Waals surface area contributed by atoms with Crippen LogP contribution >= 0.6 is 0 Å². The highest BCUT2D eigenvalue weighted by Crippen LogP contribution is 2.15. The molecule has 1 unspecified atom stereocenters. The van der Waals surface area contributed by atoms with E-state index in [1.165, 1.54) is 0 Å². The molecule has 20 heavy (non-hydrogen) atoms. The van der Waals surface area contributed by atoms with Crippen LogP contribution in [0.3, 0.4) is 0 Å². The predicted molar refractivity (Wildman–Crippen MR) is 91.1 cm³/mol. The van der Waals surface area contributed by atoms with Gasteiger partial charge in [-0.15, -0.1) is 0 Å². The molecule has 0 heterocycles. The fraction of sp³-hybridized carbons (Fsp3) is 0.222. The van der Waals surface area contributed by atoms with Crippen LogP contribution in [0.25, 0.3) is 0 Å². The molecule has 0 saturated heterocycles. The third-order valence-electron chi connectivity index (χ3n) is 2.96.